The Labute approximate surface area is 214 Å². The Balaban J connectivity index is 2.54. The number of allylic oxidation sites excluding steroid dienone is 1. The van der Waals surface area contributed by atoms with Crippen LogP contribution in [0.25, 0.3) is 11.1 Å². The average Bonchev–Trinajstić information content (AvgIpc) is 2.85. The monoisotopic (exact) mass is 478 g/mol. The first-order valence-corrected chi connectivity index (χ1v) is 13.5. The molecule has 0 amide bonds. The fraction of sp³-hybridized carbons (Fsp3) is 0.531. The number of halogens is 1. The van der Waals surface area contributed by atoms with Crippen LogP contribution >= 0.6 is 0 Å². The van der Waals surface area contributed by atoms with Gasteiger partial charge in [0.15, 0.2) is 0 Å². The van der Waals surface area contributed by atoms with Gasteiger partial charge in [0, 0.05) is 18.7 Å². The van der Waals surface area contributed by atoms with Gasteiger partial charge in [-0.1, -0.05) is 82.7 Å². The minimum atomic E-state index is -1.17. The fourth-order valence-corrected chi connectivity index (χ4v) is 5.14. The number of alkyl halides is 1. The zero-order chi connectivity index (χ0) is 25.8. The highest BCUT2D eigenvalue weighted by molar-refractivity contribution is 5.97. The van der Waals surface area contributed by atoms with Crippen molar-refractivity contribution in [2.45, 2.75) is 84.7 Å². The number of hydrogen-bond donors (Lipinski definition) is 1. The second-order valence-corrected chi connectivity index (χ2v) is 10.0. The van der Waals surface area contributed by atoms with E-state index in [-0.39, 0.29) is 11.8 Å². The van der Waals surface area contributed by atoms with Crippen LogP contribution in [0.4, 0.5) is 4.39 Å². The lowest BCUT2D eigenvalue weighted by atomic mass is 9.73. The molecule has 0 aliphatic heterocycles. The molecule has 0 radical (unpaired) electrons. The third kappa shape index (κ3) is 8.14. The molecule has 0 aliphatic carbocycles. The van der Waals surface area contributed by atoms with Gasteiger partial charge in [-0.05, 0) is 92.4 Å². The molecule has 0 spiro atoms. The molecular weight excluding hydrogens is 431 g/mol. The summed E-state index contributed by atoms with van der Waals surface area (Å²) in [6.45, 7) is 15.9. The maximum absolute atomic E-state index is 15.6. The van der Waals surface area contributed by atoms with Crippen LogP contribution in [0, 0.1) is 5.92 Å². The lowest BCUT2D eigenvalue weighted by Gasteiger charge is -2.35. The SMILES string of the molecule is C=C/C(Cc1cc(C(CCC)C(C)C(C)(F)CCC)ccc1-c1ccc(CCNC)cc1)=N\CC. The second kappa shape index (κ2) is 14.3. The van der Waals surface area contributed by atoms with E-state index in [1.54, 1.807) is 6.92 Å². The van der Waals surface area contributed by atoms with Crippen molar-refractivity contribution in [3.05, 3.63) is 71.8 Å². The van der Waals surface area contributed by atoms with E-state index >= 15 is 4.39 Å². The van der Waals surface area contributed by atoms with Gasteiger partial charge >= 0.3 is 0 Å². The minimum Gasteiger partial charge on any atom is -0.319 e. The lowest BCUT2D eigenvalue weighted by molar-refractivity contribution is 0.0803. The first-order valence-electron chi connectivity index (χ1n) is 13.5. The Hall–Kier alpha value is -2.26. The van der Waals surface area contributed by atoms with Gasteiger partial charge in [-0.3, -0.25) is 4.99 Å². The summed E-state index contributed by atoms with van der Waals surface area (Å²) in [6.07, 6.45) is 7.11. The molecule has 1 N–H and O–H groups in total. The molecule has 0 aliphatic rings. The van der Waals surface area contributed by atoms with Crippen molar-refractivity contribution in [2.75, 3.05) is 20.1 Å². The van der Waals surface area contributed by atoms with Crippen molar-refractivity contribution >= 4 is 5.71 Å². The predicted molar refractivity (Wildman–Crippen MR) is 153 cm³/mol. The number of hydrogen-bond acceptors (Lipinski definition) is 2. The Morgan fingerprint density at radius 1 is 1.11 bits per heavy atom. The molecule has 0 heterocycles. The van der Waals surface area contributed by atoms with Crippen molar-refractivity contribution in [3.8, 4) is 11.1 Å². The Morgan fingerprint density at radius 2 is 1.83 bits per heavy atom. The van der Waals surface area contributed by atoms with Crippen LogP contribution < -0.4 is 5.32 Å². The van der Waals surface area contributed by atoms with E-state index in [2.05, 4.69) is 87.0 Å². The molecule has 35 heavy (non-hydrogen) atoms. The van der Waals surface area contributed by atoms with E-state index in [1.165, 1.54) is 27.8 Å². The smallest absolute Gasteiger partial charge is 0.111 e. The molecule has 0 bridgehead atoms. The molecule has 0 saturated heterocycles. The Bertz CT molecular complexity index is 943. The highest BCUT2D eigenvalue weighted by Gasteiger charge is 2.36. The fourth-order valence-electron chi connectivity index (χ4n) is 5.14. The van der Waals surface area contributed by atoms with Gasteiger partial charge < -0.3 is 5.32 Å². The van der Waals surface area contributed by atoms with E-state index < -0.39 is 5.67 Å². The summed E-state index contributed by atoms with van der Waals surface area (Å²) < 4.78 is 15.6. The van der Waals surface area contributed by atoms with Crippen LogP contribution in [0.3, 0.4) is 0 Å². The van der Waals surface area contributed by atoms with Gasteiger partial charge in [-0.15, -0.1) is 0 Å². The van der Waals surface area contributed by atoms with Crippen molar-refractivity contribution in [1.29, 1.82) is 0 Å². The van der Waals surface area contributed by atoms with E-state index in [1.807, 2.05) is 13.1 Å². The second-order valence-electron chi connectivity index (χ2n) is 10.0. The van der Waals surface area contributed by atoms with Crippen LogP contribution in [0.15, 0.2) is 60.1 Å². The maximum Gasteiger partial charge on any atom is 0.111 e. The molecule has 3 atom stereocenters. The number of nitrogens with zero attached hydrogens (tertiary/aromatic N) is 1. The number of aliphatic imine (C=N–C) groups is 1. The number of benzene rings is 2. The summed E-state index contributed by atoms with van der Waals surface area (Å²) in [5, 5.41) is 3.22. The summed E-state index contributed by atoms with van der Waals surface area (Å²) in [4.78, 5) is 4.66. The standard InChI is InChI=1S/C32H47FN2/c1-8-12-30(24(5)32(6,33)20-9-2)27-17-18-31(28(22-27)23-29(10-3)35-11-4)26-15-13-25(14-16-26)19-21-34-7/h10,13-18,22,24,30,34H,3,8-9,11-12,19-21,23H2,1-2,4-7H3/b35-29+. The van der Waals surface area contributed by atoms with Gasteiger partial charge in [0.1, 0.15) is 5.67 Å². The molecule has 2 aromatic carbocycles. The molecule has 0 fully saturated rings. The normalized spacial score (nSPS) is 15.5. The average molecular weight is 479 g/mol. The van der Waals surface area contributed by atoms with E-state index in [0.29, 0.717) is 6.42 Å². The molecule has 0 aromatic heterocycles. The Morgan fingerprint density at radius 3 is 2.40 bits per heavy atom. The minimum absolute atomic E-state index is 0.0456. The molecule has 3 heteroatoms. The predicted octanol–water partition coefficient (Wildman–Crippen LogP) is 8.35. The van der Waals surface area contributed by atoms with Crippen LogP contribution in [-0.4, -0.2) is 31.5 Å². The van der Waals surface area contributed by atoms with E-state index in [0.717, 1.165) is 50.9 Å². The van der Waals surface area contributed by atoms with Crippen LogP contribution in [0.5, 0.6) is 0 Å². The number of likely N-dealkylation sites (N-methyl/N-ethyl adjacent to an activating group) is 1. The molecule has 192 valence electrons. The summed E-state index contributed by atoms with van der Waals surface area (Å²) >= 11 is 0. The van der Waals surface area contributed by atoms with Gasteiger partial charge in [-0.2, -0.15) is 0 Å². The summed E-state index contributed by atoms with van der Waals surface area (Å²) in [5.74, 6) is 0.143. The quantitative estimate of drug-likeness (QED) is 0.256. The zero-order valence-corrected chi connectivity index (χ0v) is 23.0. The summed E-state index contributed by atoms with van der Waals surface area (Å²) in [7, 11) is 1.98. The van der Waals surface area contributed by atoms with Crippen molar-refractivity contribution in [1.82, 2.24) is 5.32 Å². The summed E-state index contributed by atoms with van der Waals surface area (Å²) in [6, 6.07) is 15.7. The molecule has 2 aromatic rings. The van der Waals surface area contributed by atoms with Crippen LogP contribution in [0.1, 0.15) is 82.9 Å². The maximum atomic E-state index is 15.6. The van der Waals surface area contributed by atoms with Gasteiger partial charge in [0.05, 0.1) is 0 Å². The molecule has 2 rings (SSSR count). The zero-order valence-electron chi connectivity index (χ0n) is 23.0. The van der Waals surface area contributed by atoms with E-state index in [4.69, 9.17) is 0 Å². The number of rotatable bonds is 15. The summed E-state index contributed by atoms with van der Waals surface area (Å²) in [5.41, 5.74) is 6.06. The molecule has 3 unspecified atom stereocenters. The van der Waals surface area contributed by atoms with Crippen molar-refractivity contribution in [3.63, 3.8) is 0 Å². The lowest BCUT2D eigenvalue weighted by Crippen LogP contribution is -2.32. The highest BCUT2D eigenvalue weighted by Crippen LogP contribution is 2.41. The number of nitrogens with one attached hydrogen (secondary N) is 1. The molecule has 2 nitrogen and oxygen atoms in total. The van der Waals surface area contributed by atoms with Gasteiger partial charge in [0.2, 0.25) is 0 Å². The van der Waals surface area contributed by atoms with Gasteiger partial charge in [-0.25, -0.2) is 4.39 Å². The Kier molecular flexibility index (Phi) is 11.9. The third-order valence-corrected chi connectivity index (χ3v) is 7.35. The topological polar surface area (TPSA) is 24.4 Å². The van der Waals surface area contributed by atoms with Gasteiger partial charge in [0.25, 0.3) is 0 Å². The van der Waals surface area contributed by atoms with Crippen LogP contribution in [0.2, 0.25) is 0 Å². The molecule has 0 saturated carbocycles. The van der Waals surface area contributed by atoms with Crippen LogP contribution in [-0.2, 0) is 12.8 Å². The largest absolute Gasteiger partial charge is 0.319 e. The molecular formula is C32H47FN2. The highest BCUT2D eigenvalue weighted by atomic mass is 19.1. The third-order valence-electron chi connectivity index (χ3n) is 7.35. The van der Waals surface area contributed by atoms with Crippen molar-refractivity contribution < 1.29 is 4.39 Å². The van der Waals surface area contributed by atoms with E-state index in [9.17, 15) is 0 Å². The van der Waals surface area contributed by atoms with Crippen molar-refractivity contribution in [2.24, 2.45) is 10.9 Å². The first-order chi connectivity index (χ1) is 16.8. The first kappa shape index (κ1) is 29.0.